The Kier molecular flexibility index (Phi) is 10.5. The average Bonchev–Trinajstić information content (AvgIpc) is 3.38. The van der Waals surface area contributed by atoms with Crippen LogP contribution in [-0.4, -0.2) is 0 Å². The molecule has 1 aliphatic carbocycles. The van der Waals surface area contributed by atoms with Crippen LogP contribution in [0, 0.1) is 0 Å². The van der Waals surface area contributed by atoms with E-state index in [9.17, 15) is 0 Å². The highest BCUT2D eigenvalue weighted by Crippen LogP contribution is 2.44. The molecule has 1 aliphatic rings. The smallest absolute Gasteiger partial charge is 0.0540 e. The van der Waals surface area contributed by atoms with Gasteiger partial charge in [-0.1, -0.05) is 194 Å². The van der Waals surface area contributed by atoms with Crippen LogP contribution in [0.3, 0.4) is 0 Å². The first-order valence-electron chi connectivity index (χ1n) is 22.2. The molecule has 11 rings (SSSR count). The lowest BCUT2D eigenvalue weighted by molar-refractivity contribution is 1.04. The Balaban J connectivity index is 0.887. The van der Waals surface area contributed by atoms with Gasteiger partial charge in [-0.3, -0.25) is 0 Å². The zero-order valence-corrected chi connectivity index (χ0v) is 35.6. The van der Waals surface area contributed by atoms with Crippen molar-refractivity contribution in [3.8, 4) is 33.4 Å². The molecular formula is C62H46N2. The highest BCUT2D eigenvalue weighted by atomic mass is 15.1. The quantitative estimate of drug-likeness (QED) is 0.136. The molecule has 0 amide bonds. The largest absolute Gasteiger partial charge is 0.310 e. The van der Waals surface area contributed by atoms with Crippen LogP contribution >= 0.6 is 0 Å². The molecule has 0 spiro atoms. The monoisotopic (exact) mass is 818 g/mol. The van der Waals surface area contributed by atoms with Crippen molar-refractivity contribution >= 4 is 61.2 Å². The highest BCUT2D eigenvalue weighted by Gasteiger charge is 2.19. The topological polar surface area (TPSA) is 6.48 Å². The van der Waals surface area contributed by atoms with Gasteiger partial charge in [-0.25, -0.2) is 0 Å². The van der Waals surface area contributed by atoms with Gasteiger partial charge < -0.3 is 9.80 Å². The van der Waals surface area contributed by atoms with Crippen molar-refractivity contribution < 1.29 is 0 Å². The van der Waals surface area contributed by atoms with Crippen LogP contribution in [-0.2, 0) is 0 Å². The molecule has 2 nitrogen and oxygen atoms in total. The molecule has 0 saturated heterocycles. The molecule has 0 heterocycles. The summed E-state index contributed by atoms with van der Waals surface area (Å²) in [6, 6.07) is 85.7. The number of nitrogens with zero attached hydrogens (tertiary/aromatic N) is 2. The van der Waals surface area contributed by atoms with Gasteiger partial charge in [0.25, 0.3) is 0 Å². The van der Waals surface area contributed by atoms with E-state index in [1.165, 1.54) is 66.1 Å². The Labute approximate surface area is 376 Å². The van der Waals surface area contributed by atoms with E-state index < -0.39 is 0 Å². The Hall–Kier alpha value is -8.20. The third-order valence-corrected chi connectivity index (χ3v) is 12.5. The predicted molar refractivity (Wildman–Crippen MR) is 273 cm³/mol. The average molecular weight is 819 g/mol. The van der Waals surface area contributed by atoms with Crippen molar-refractivity contribution in [3.63, 3.8) is 0 Å². The fraction of sp³-hybridized carbons (Fsp3) is 0.0323. The third-order valence-electron chi connectivity index (χ3n) is 12.5. The molecule has 304 valence electrons. The van der Waals surface area contributed by atoms with Gasteiger partial charge in [0, 0.05) is 33.5 Å². The SMILES string of the molecule is C1=CC(c2ccc(N(c3ccccc3)c3ccc(-c4ccc(-c5ccc(N(c6ccccc6)c6ccc(-c7ccccc7)c7ccccc67)cc5)cc4)cc3)c3ccccc23)=CCC1. The van der Waals surface area contributed by atoms with Crippen molar-refractivity contribution in [2.45, 2.75) is 12.8 Å². The summed E-state index contributed by atoms with van der Waals surface area (Å²) in [5.41, 5.74) is 16.5. The number of para-hydroxylation sites is 2. The maximum absolute atomic E-state index is 2.38. The molecule has 0 N–H and O–H groups in total. The summed E-state index contributed by atoms with van der Waals surface area (Å²) in [4.78, 5) is 4.76. The first kappa shape index (κ1) is 38.7. The van der Waals surface area contributed by atoms with Crippen molar-refractivity contribution in [1.82, 2.24) is 0 Å². The van der Waals surface area contributed by atoms with Gasteiger partial charge in [-0.2, -0.15) is 0 Å². The molecule has 0 radical (unpaired) electrons. The number of allylic oxidation sites excluding steroid dienone is 4. The molecule has 10 aromatic carbocycles. The molecule has 0 atom stereocenters. The third kappa shape index (κ3) is 7.46. The van der Waals surface area contributed by atoms with Crippen LogP contribution in [0.25, 0.3) is 60.5 Å². The zero-order valence-electron chi connectivity index (χ0n) is 35.6. The van der Waals surface area contributed by atoms with E-state index in [1.54, 1.807) is 0 Å². The lowest BCUT2D eigenvalue weighted by atomic mass is 9.93. The molecule has 64 heavy (non-hydrogen) atoms. The second-order valence-electron chi connectivity index (χ2n) is 16.4. The second kappa shape index (κ2) is 17.3. The second-order valence-corrected chi connectivity index (χ2v) is 16.4. The van der Waals surface area contributed by atoms with Gasteiger partial charge in [-0.05, 0) is 129 Å². The molecular weight excluding hydrogens is 773 g/mol. The van der Waals surface area contributed by atoms with Crippen molar-refractivity contribution in [2.75, 3.05) is 9.80 Å². The summed E-state index contributed by atoms with van der Waals surface area (Å²) in [7, 11) is 0. The maximum Gasteiger partial charge on any atom is 0.0540 e. The number of rotatable bonds is 10. The van der Waals surface area contributed by atoms with Crippen molar-refractivity contribution in [1.29, 1.82) is 0 Å². The van der Waals surface area contributed by atoms with Gasteiger partial charge in [0.1, 0.15) is 0 Å². The van der Waals surface area contributed by atoms with Crippen molar-refractivity contribution in [3.05, 3.63) is 260 Å². The standard InChI is InChI=1S/C62H46N2/c1-5-17-49(18-6-1)55-41-43-61(59-27-15-13-25-57(55)59)63(51-21-9-3-10-22-51)53-37-33-47(34-38-53)45-29-31-46(32-30-45)48-35-39-54(40-36-48)64(52-23-11-4-12-24-52)62-44-42-56(50-19-7-2-8-20-50)58-26-14-16-28-60(58)62/h1,3-7,9-44H,2,8H2. The zero-order chi connectivity index (χ0) is 42.7. The van der Waals surface area contributed by atoms with Gasteiger partial charge in [0.2, 0.25) is 0 Å². The molecule has 0 unspecified atom stereocenters. The minimum atomic E-state index is 1.08. The molecule has 0 saturated carbocycles. The number of benzene rings is 10. The van der Waals surface area contributed by atoms with Gasteiger partial charge in [0.05, 0.1) is 11.4 Å². The summed E-state index contributed by atoms with van der Waals surface area (Å²) in [5, 5.41) is 4.94. The molecule has 0 fully saturated rings. The Morgan fingerprint density at radius 3 is 1.09 bits per heavy atom. The van der Waals surface area contributed by atoms with Gasteiger partial charge in [0.15, 0.2) is 0 Å². The van der Waals surface area contributed by atoms with Gasteiger partial charge >= 0.3 is 0 Å². The Bertz CT molecular complexity index is 3280. The van der Waals surface area contributed by atoms with Crippen LogP contribution in [0.4, 0.5) is 34.1 Å². The number of anilines is 6. The first-order chi connectivity index (χ1) is 31.8. The summed E-state index contributed by atoms with van der Waals surface area (Å²) < 4.78 is 0. The van der Waals surface area contributed by atoms with E-state index in [-0.39, 0.29) is 0 Å². The lowest BCUT2D eigenvalue weighted by Crippen LogP contribution is -2.10. The van der Waals surface area contributed by atoms with Crippen LogP contribution in [0.15, 0.2) is 255 Å². The summed E-state index contributed by atoms with van der Waals surface area (Å²) >= 11 is 0. The fourth-order valence-corrected chi connectivity index (χ4v) is 9.36. The first-order valence-corrected chi connectivity index (χ1v) is 22.2. The summed E-state index contributed by atoms with van der Waals surface area (Å²) in [6.07, 6.45) is 9.12. The molecule has 10 aromatic rings. The van der Waals surface area contributed by atoms with E-state index in [0.717, 1.165) is 47.0 Å². The number of fused-ring (bicyclic) bond motifs is 2. The molecule has 0 aromatic heterocycles. The van der Waals surface area contributed by atoms with Crippen LogP contribution in [0.2, 0.25) is 0 Å². The van der Waals surface area contributed by atoms with Crippen LogP contribution in [0.1, 0.15) is 18.4 Å². The van der Waals surface area contributed by atoms with Crippen molar-refractivity contribution in [2.24, 2.45) is 0 Å². The number of hydrogen-bond donors (Lipinski definition) is 0. The fourth-order valence-electron chi connectivity index (χ4n) is 9.36. The van der Waals surface area contributed by atoms with Gasteiger partial charge in [-0.15, -0.1) is 0 Å². The van der Waals surface area contributed by atoms with Crippen LogP contribution in [0.5, 0.6) is 0 Å². The predicted octanol–water partition coefficient (Wildman–Crippen LogP) is 17.7. The molecule has 0 aliphatic heterocycles. The summed E-state index contributed by atoms with van der Waals surface area (Å²) in [6.45, 7) is 0. The molecule has 2 heteroatoms. The molecule has 0 bridgehead atoms. The van der Waals surface area contributed by atoms with Crippen LogP contribution < -0.4 is 9.80 Å². The Morgan fingerprint density at radius 2 is 0.641 bits per heavy atom. The summed E-state index contributed by atoms with van der Waals surface area (Å²) in [5.74, 6) is 0. The van der Waals surface area contributed by atoms with E-state index in [1.807, 2.05) is 0 Å². The Morgan fingerprint density at radius 1 is 0.266 bits per heavy atom. The van der Waals surface area contributed by atoms with E-state index in [0.29, 0.717) is 0 Å². The minimum absolute atomic E-state index is 1.08. The lowest BCUT2D eigenvalue weighted by Gasteiger charge is -2.28. The van der Waals surface area contributed by atoms with E-state index in [4.69, 9.17) is 0 Å². The maximum atomic E-state index is 2.38. The minimum Gasteiger partial charge on any atom is -0.310 e. The highest BCUT2D eigenvalue weighted by molar-refractivity contribution is 6.07. The number of hydrogen-bond acceptors (Lipinski definition) is 2. The van der Waals surface area contributed by atoms with E-state index >= 15 is 0 Å². The van der Waals surface area contributed by atoms with E-state index in [2.05, 4.69) is 265 Å². The normalized spacial score (nSPS) is 12.3.